The van der Waals surface area contributed by atoms with E-state index in [1.54, 1.807) is 0 Å². The van der Waals surface area contributed by atoms with Gasteiger partial charge in [0.1, 0.15) is 18.8 Å². The first kappa shape index (κ1) is 19.4. The third-order valence-corrected chi connectivity index (χ3v) is 4.97. The van der Waals surface area contributed by atoms with Gasteiger partial charge in [-0.2, -0.15) is 0 Å². The van der Waals surface area contributed by atoms with E-state index in [9.17, 15) is 9.59 Å². The van der Waals surface area contributed by atoms with Gasteiger partial charge in [0.25, 0.3) is 0 Å². The van der Waals surface area contributed by atoms with Crippen molar-refractivity contribution in [3.05, 3.63) is 91.0 Å². The highest BCUT2D eigenvalue weighted by Gasteiger charge is 2.22. The van der Waals surface area contributed by atoms with Crippen molar-refractivity contribution in [2.75, 3.05) is 13.2 Å². The van der Waals surface area contributed by atoms with E-state index >= 15 is 0 Å². The molecule has 4 nitrogen and oxygen atoms in total. The van der Waals surface area contributed by atoms with Crippen molar-refractivity contribution in [3.8, 4) is 0 Å². The number of benzene rings is 4. The minimum atomic E-state index is -0.755. The van der Waals surface area contributed by atoms with E-state index in [0.29, 0.717) is 0 Å². The first-order valence-electron chi connectivity index (χ1n) is 9.58. The number of ether oxygens (including phenoxy) is 2. The van der Waals surface area contributed by atoms with Crippen LogP contribution < -0.4 is 0 Å². The minimum absolute atomic E-state index is 0.00336. The van der Waals surface area contributed by atoms with Gasteiger partial charge >= 0.3 is 11.9 Å². The summed E-state index contributed by atoms with van der Waals surface area (Å²) in [5.41, 5.74) is 0.565. The van der Waals surface area contributed by atoms with Crippen LogP contribution in [0.15, 0.2) is 85.5 Å². The Morgan fingerprint density at radius 1 is 0.733 bits per heavy atom. The highest BCUT2D eigenvalue weighted by atomic mass is 16.6. The van der Waals surface area contributed by atoms with Crippen LogP contribution in [0.25, 0.3) is 38.4 Å². The summed E-state index contributed by atoms with van der Waals surface area (Å²) in [4.78, 5) is 25.0. The molecule has 4 heteroatoms. The monoisotopic (exact) mass is 396 g/mol. The molecule has 0 radical (unpaired) electrons. The van der Waals surface area contributed by atoms with Gasteiger partial charge in [0.05, 0.1) is 0 Å². The third kappa shape index (κ3) is 3.44. The van der Waals surface area contributed by atoms with Gasteiger partial charge in [-0.25, -0.2) is 9.59 Å². The third-order valence-electron chi connectivity index (χ3n) is 4.97. The SMILES string of the molecule is C=CCOC(=O)C(=Cc1ccc2ccc3cccc4ccc1c2c34)C(=O)OCC=C. The molecule has 4 aromatic rings. The molecule has 0 saturated heterocycles. The molecular formula is C26H20O4. The quantitative estimate of drug-likeness (QED) is 0.104. The summed E-state index contributed by atoms with van der Waals surface area (Å²) in [5.74, 6) is -1.51. The summed E-state index contributed by atoms with van der Waals surface area (Å²) >= 11 is 0. The zero-order valence-corrected chi connectivity index (χ0v) is 16.4. The van der Waals surface area contributed by atoms with Gasteiger partial charge in [-0.15, -0.1) is 0 Å². The van der Waals surface area contributed by atoms with E-state index in [1.807, 2.05) is 30.3 Å². The Morgan fingerprint density at radius 2 is 1.27 bits per heavy atom. The van der Waals surface area contributed by atoms with Gasteiger partial charge < -0.3 is 9.47 Å². The molecule has 0 atom stereocenters. The van der Waals surface area contributed by atoms with Crippen molar-refractivity contribution in [3.63, 3.8) is 0 Å². The van der Waals surface area contributed by atoms with Crippen LogP contribution in [0.3, 0.4) is 0 Å². The lowest BCUT2D eigenvalue weighted by Crippen LogP contribution is -2.18. The van der Waals surface area contributed by atoms with Crippen LogP contribution in [-0.2, 0) is 19.1 Å². The molecule has 0 N–H and O–H groups in total. The molecule has 4 aromatic carbocycles. The second-order valence-corrected chi connectivity index (χ2v) is 6.84. The Balaban J connectivity index is 1.91. The lowest BCUT2D eigenvalue weighted by atomic mass is 9.91. The van der Waals surface area contributed by atoms with Crippen LogP contribution in [0.4, 0.5) is 0 Å². The Bertz CT molecular complexity index is 1270. The predicted octanol–water partition coefficient (Wildman–Crippen LogP) is 5.43. The van der Waals surface area contributed by atoms with Crippen LogP contribution >= 0.6 is 0 Å². The maximum atomic E-state index is 12.5. The average Bonchev–Trinajstić information content (AvgIpc) is 2.78. The summed E-state index contributed by atoms with van der Waals surface area (Å²) in [6.07, 6.45) is 4.42. The first-order valence-corrected chi connectivity index (χ1v) is 9.58. The highest BCUT2D eigenvalue weighted by molar-refractivity contribution is 6.25. The van der Waals surface area contributed by atoms with E-state index in [1.165, 1.54) is 18.2 Å². The zero-order chi connectivity index (χ0) is 21.1. The molecule has 30 heavy (non-hydrogen) atoms. The van der Waals surface area contributed by atoms with Crippen molar-refractivity contribution in [2.45, 2.75) is 0 Å². The Hall–Kier alpha value is -3.92. The molecule has 0 heterocycles. The average molecular weight is 396 g/mol. The fourth-order valence-corrected chi connectivity index (χ4v) is 3.67. The largest absolute Gasteiger partial charge is 0.458 e. The molecule has 0 aromatic heterocycles. The molecule has 0 spiro atoms. The second-order valence-electron chi connectivity index (χ2n) is 6.84. The Labute approximate surface area is 174 Å². The van der Waals surface area contributed by atoms with E-state index in [0.717, 1.165) is 37.9 Å². The summed E-state index contributed by atoms with van der Waals surface area (Å²) < 4.78 is 10.2. The topological polar surface area (TPSA) is 52.6 Å². The van der Waals surface area contributed by atoms with Crippen molar-refractivity contribution >= 4 is 50.3 Å². The maximum Gasteiger partial charge on any atom is 0.345 e. The standard InChI is InChI=1S/C26H20O4/c1-3-14-29-25(27)22(26(28)30-15-4-2)16-20-11-10-19-9-8-17-6-5-7-18-12-13-21(20)24(19)23(17)18/h3-13,16H,1-2,14-15H2. The van der Waals surface area contributed by atoms with Gasteiger partial charge in [0.2, 0.25) is 0 Å². The summed E-state index contributed by atoms with van der Waals surface area (Å²) in [7, 11) is 0. The molecule has 0 saturated carbocycles. The van der Waals surface area contributed by atoms with E-state index < -0.39 is 11.9 Å². The fourth-order valence-electron chi connectivity index (χ4n) is 3.67. The number of esters is 2. The smallest absolute Gasteiger partial charge is 0.345 e. The van der Waals surface area contributed by atoms with Crippen molar-refractivity contribution in [1.29, 1.82) is 0 Å². The molecule has 0 unspecified atom stereocenters. The number of carbonyl (C=O) groups excluding carboxylic acids is 2. The van der Waals surface area contributed by atoms with E-state index in [4.69, 9.17) is 9.47 Å². The van der Waals surface area contributed by atoms with Gasteiger partial charge in [-0.05, 0) is 44.0 Å². The molecular weight excluding hydrogens is 376 g/mol. The molecule has 0 aliphatic heterocycles. The fraction of sp³-hybridized carbons (Fsp3) is 0.0769. The molecule has 4 rings (SSSR count). The molecule has 0 aliphatic rings. The molecule has 0 aliphatic carbocycles. The number of rotatable bonds is 7. The van der Waals surface area contributed by atoms with Gasteiger partial charge in [0.15, 0.2) is 0 Å². The second kappa shape index (κ2) is 8.21. The lowest BCUT2D eigenvalue weighted by molar-refractivity contribution is -0.145. The van der Waals surface area contributed by atoms with Crippen LogP contribution in [0.2, 0.25) is 0 Å². The van der Waals surface area contributed by atoms with Gasteiger partial charge in [-0.1, -0.05) is 79.9 Å². The first-order chi connectivity index (χ1) is 14.6. The maximum absolute atomic E-state index is 12.5. The van der Waals surface area contributed by atoms with Crippen LogP contribution in [-0.4, -0.2) is 25.2 Å². The van der Waals surface area contributed by atoms with E-state index in [-0.39, 0.29) is 18.8 Å². The van der Waals surface area contributed by atoms with Crippen LogP contribution in [0, 0.1) is 0 Å². The summed E-state index contributed by atoms with van der Waals surface area (Å²) in [6.45, 7) is 7.07. The van der Waals surface area contributed by atoms with Gasteiger partial charge in [0, 0.05) is 0 Å². The van der Waals surface area contributed by atoms with Crippen LogP contribution in [0.5, 0.6) is 0 Å². The van der Waals surface area contributed by atoms with Crippen molar-refractivity contribution in [1.82, 2.24) is 0 Å². The van der Waals surface area contributed by atoms with E-state index in [2.05, 4.69) is 37.4 Å². The molecule has 0 fully saturated rings. The normalized spacial score (nSPS) is 10.8. The van der Waals surface area contributed by atoms with Crippen LogP contribution in [0.1, 0.15) is 5.56 Å². The molecule has 0 amide bonds. The Kier molecular flexibility index (Phi) is 5.31. The predicted molar refractivity (Wildman–Crippen MR) is 120 cm³/mol. The highest BCUT2D eigenvalue weighted by Crippen LogP contribution is 2.36. The summed E-state index contributed by atoms with van der Waals surface area (Å²) in [5, 5.41) is 6.58. The lowest BCUT2D eigenvalue weighted by Gasteiger charge is -2.13. The Morgan fingerprint density at radius 3 is 1.87 bits per heavy atom. The summed E-state index contributed by atoms with van der Waals surface area (Å²) in [6, 6.07) is 18.3. The number of hydrogen-bond acceptors (Lipinski definition) is 4. The molecule has 0 bridgehead atoms. The minimum Gasteiger partial charge on any atom is -0.458 e. The molecule has 148 valence electrons. The number of carbonyl (C=O) groups is 2. The number of hydrogen-bond donors (Lipinski definition) is 0. The van der Waals surface area contributed by atoms with Crippen molar-refractivity contribution < 1.29 is 19.1 Å². The van der Waals surface area contributed by atoms with Gasteiger partial charge in [-0.3, -0.25) is 0 Å². The van der Waals surface area contributed by atoms with Crippen molar-refractivity contribution in [2.24, 2.45) is 0 Å². The zero-order valence-electron chi connectivity index (χ0n) is 16.4.